The summed E-state index contributed by atoms with van der Waals surface area (Å²) in [4.78, 5) is 2.11. The van der Waals surface area contributed by atoms with Crippen molar-refractivity contribution in [2.45, 2.75) is 13.1 Å². The Labute approximate surface area is 113 Å². The summed E-state index contributed by atoms with van der Waals surface area (Å²) < 4.78 is 13.6. The highest BCUT2D eigenvalue weighted by atomic mass is 19.1. The summed E-state index contributed by atoms with van der Waals surface area (Å²) in [6.45, 7) is 1.36. The van der Waals surface area contributed by atoms with Gasteiger partial charge < -0.3 is 10.2 Å². The Morgan fingerprint density at radius 3 is 2.26 bits per heavy atom. The maximum atomic E-state index is 13.6. The molecule has 0 bridgehead atoms. The summed E-state index contributed by atoms with van der Waals surface area (Å²) in [5, 5.41) is 3.31. The number of hydrogen-bond donors (Lipinski definition) is 1. The van der Waals surface area contributed by atoms with Gasteiger partial charge in [-0.1, -0.05) is 36.4 Å². The monoisotopic (exact) mass is 258 g/mol. The molecule has 0 saturated carbocycles. The van der Waals surface area contributed by atoms with E-state index < -0.39 is 0 Å². The zero-order valence-electron chi connectivity index (χ0n) is 11.4. The lowest BCUT2D eigenvalue weighted by Gasteiger charge is -2.15. The molecule has 2 aromatic rings. The smallest absolute Gasteiger partial charge is 0.128 e. The van der Waals surface area contributed by atoms with Gasteiger partial charge in [-0.25, -0.2) is 4.39 Å². The van der Waals surface area contributed by atoms with Crippen LogP contribution in [0.15, 0.2) is 48.5 Å². The largest absolute Gasteiger partial charge is 0.381 e. The van der Waals surface area contributed by atoms with Crippen LogP contribution in [-0.4, -0.2) is 19.0 Å². The van der Waals surface area contributed by atoms with Crippen LogP contribution >= 0.6 is 0 Å². The Bertz CT molecular complexity index is 538. The molecule has 2 nitrogen and oxygen atoms in total. The highest BCUT2D eigenvalue weighted by molar-refractivity contribution is 5.51. The standard InChI is InChI=1S/C16H19FN2/c1-19(2)12-14-8-4-6-10-16(14)18-11-13-7-3-5-9-15(13)17/h3-10,18H,11-12H2,1-2H3. The van der Waals surface area contributed by atoms with Crippen molar-refractivity contribution in [1.82, 2.24) is 4.90 Å². The van der Waals surface area contributed by atoms with Gasteiger partial charge in [0.2, 0.25) is 0 Å². The van der Waals surface area contributed by atoms with E-state index in [0.29, 0.717) is 12.1 Å². The van der Waals surface area contributed by atoms with Crippen molar-refractivity contribution < 1.29 is 4.39 Å². The van der Waals surface area contributed by atoms with Gasteiger partial charge in [0.25, 0.3) is 0 Å². The van der Waals surface area contributed by atoms with Gasteiger partial charge in [0, 0.05) is 24.3 Å². The average molecular weight is 258 g/mol. The minimum atomic E-state index is -0.167. The lowest BCUT2D eigenvalue weighted by Crippen LogP contribution is -2.13. The normalized spacial score (nSPS) is 10.7. The van der Waals surface area contributed by atoms with Gasteiger partial charge in [0.15, 0.2) is 0 Å². The third-order valence-corrected chi connectivity index (χ3v) is 2.93. The molecule has 1 N–H and O–H groups in total. The predicted molar refractivity (Wildman–Crippen MR) is 77.6 cm³/mol. The van der Waals surface area contributed by atoms with Crippen LogP contribution in [0, 0.1) is 5.82 Å². The summed E-state index contributed by atoms with van der Waals surface area (Å²) in [5.74, 6) is -0.167. The van der Waals surface area contributed by atoms with Crippen molar-refractivity contribution in [2.24, 2.45) is 0 Å². The molecule has 0 radical (unpaired) electrons. The molecular formula is C16H19FN2. The van der Waals surface area contributed by atoms with Crippen molar-refractivity contribution in [3.05, 3.63) is 65.5 Å². The van der Waals surface area contributed by atoms with Crippen LogP contribution in [0.4, 0.5) is 10.1 Å². The fourth-order valence-corrected chi connectivity index (χ4v) is 2.00. The second-order valence-corrected chi connectivity index (χ2v) is 4.84. The van der Waals surface area contributed by atoms with E-state index in [4.69, 9.17) is 0 Å². The number of halogens is 1. The number of rotatable bonds is 5. The van der Waals surface area contributed by atoms with Gasteiger partial charge in [0.1, 0.15) is 5.82 Å². The Hall–Kier alpha value is -1.87. The van der Waals surface area contributed by atoms with Crippen LogP contribution in [0.5, 0.6) is 0 Å². The summed E-state index contributed by atoms with van der Waals surface area (Å²) in [6, 6.07) is 15.0. The number of anilines is 1. The first-order chi connectivity index (χ1) is 9.16. The van der Waals surface area contributed by atoms with Crippen molar-refractivity contribution >= 4 is 5.69 Å². The third kappa shape index (κ3) is 3.80. The second kappa shape index (κ2) is 6.34. The fourth-order valence-electron chi connectivity index (χ4n) is 2.00. The van der Waals surface area contributed by atoms with Crippen LogP contribution in [0.25, 0.3) is 0 Å². The van der Waals surface area contributed by atoms with E-state index in [0.717, 1.165) is 12.2 Å². The van der Waals surface area contributed by atoms with Gasteiger partial charge in [0.05, 0.1) is 0 Å². The quantitative estimate of drug-likeness (QED) is 0.883. The SMILES string of the molecule is CN(C)Cc1ccccc1NCc1ccccc1F. The second-order valence-electron chi connectivity index (χ2n) is 4.84. The van der Waals surface area contributed by atoms with Gasteiger partial charge >= 0.3 is 0 Å². The van der Waals surface area contributed by atoms with E-state index in [1.54, 1.807) is 12.1 Å². The molecule has 0 unspecified atom stereocenters. The van der Waals surface area contributed by atoms with Crippen LogP contribution in [0.3, 0.4) is 0 Å². The molecule has 0 aliphatic heterocycles. The topological polar surface area (TPSA) is 15.3 Å². The zero-order chi connectivity index (χ0) is 13.7. The molecule has 0 spiro atoms. The number of nitrogens with zero attached hydrogens (tertiary/aromatic N) is 1. The highest BCUT2D eigenvalue weighted by Crippen LogP contribution is 2.18. The van der Waals surface area contributed by atoms with Gasteiger partial charge in [-0.2, -0.15) is 0 Å². The molecule has 2 aromatic carbocycles. The maximum absolute atomic E-state index is 13.6. The third-order valence-electron chi connectivity index (χ3n) is 2.93. The Balaban J connectivity index is 2.09. The molecular weight excluding hydrogens is 239 g/mol. The Morgan fingerprint density at radius 2 is 1.58 bits per heavy atom. The van der Waals surface area contributed by atoms with E-state index in [9.17, 15) is 4.39 Å². The first-order valence-electron chi connectivity index (χ1n) is 6.36. The molecule has 0 aliphatic carbocycles. The van der Waals surface area contributed by atoms with Crippen molar-refractivity contribution in [3.63, 3.8) is 0 Å². The molecule has 19 heavy (non-hydrogen) atoms. The van der Waals surface area contributed by atoms with Crippen molar-refractivity contribution in [2.75, 3.05) is 19.4 Å². The average Bonchev–Trinajstić information content (AvgIpc) is 2.39. The van der Waals surface area contributed by atoms with Crippen LogP contribution in [0.2, 0.25) is 0 Å². The van der Waals surface area contributed by atoms with Crippen LogP contribution in [-0.2, 0) is 13.1 Å². The Kier molecular flexibility index (Phi) is 4.53. The summed E-state index contributed by atoms with van der Waals surface area (Å²) in [6.07, 6.45) is 0. The number of benzene rings is 2. The van der Waals surface area contributed by atoms with E-state index in [2.05, 4.69) is 16.3 Å². The fraction of sp³-hybridized carbons (Fsp3) is 0.250. The molecule has 0 aromatic heterocycles. The minimum Gasteiger partial charge on any atom is -0.381 e. The molecule has 0 amide bonds. The molecule has 0 fully saturated rings. The highest BCUT2D eigenvalue weighted by Gasteiger charge is 2.04. The first kappa shape index (κ1) is 13.6. The number of para-hydroxylation sites is 1. The lowest BCUT2D eigenvalue weighted by atomic mass is 10.1. The van der Waals surface area contributed by atoms with E-state index in [1.165, 1.54) is 11.6 Å². The molecule has 0 heterocycles. The summed E-state index contributed by atoms with van der Waals surface area (Å²) in [7, 11) is 4.07. The van der Waals surface area contributed by atoms with Crippen LogP contribution < -0.4 is 5.32 Å². The Morgan fingerprint density at radius 1 is 0.947 bits per heavy atom. The van der Waals surface area contributed by atoms with E-state index >= 15 is 0 Å². The van der Waals surface area contributed by atoms with Gasteiger partial charge in [-0.3, -0.25) is 0 Å². The van der Waals surface area contributed by atoms with Gasteiger partial charge in [-0.05, 0) is 31.8 Å². The maximum Gasteiger partial charge on any atom is 0.128 e. The van der Waals surface area contributed by atoms with E-state index in [-0.39, 0.29) is 5.82 Å². The molecule has 0 atom stereocenters. The number of nitrogens with one attached hydrogen (secondary N) is 1. The predicted octanol–water partition coefficient (Wildman–Crippen LogP) is 3.50. The van der Waals surface area contributed by atoms with Crippen LogP contribution in [0.1, 0.15) is 11.1 Å². The summed E-state index contributed by atoms with van der Waals surface area (Å²) >= 11 is 0. The van der Waals surface area contributed by atoms with Crippen molar-refractivity contribution in [1.29, 1.82) is 0 Å². The minimum absolute atomic E-state index is 0.167. The van der Waals surface area contributed by atoms with E-state index in [1.807, 2.05) is 38.4 Å². The first-order valence-corrected chi connectivity index (χ1v) is 6.36. The molecule has 100 valence electrons. The zero-order valence-corrected chi connectivity index (χ0v) is 11.4. The molecule has 0 saturated heterocycles. The van der Waals surface area contributed by atoms with Crippen molar-refractivity contribution in [3.8, 4) is 0 Å². The lowest BCUT2D eigenvalue weighted by molar-refractivity contribution is 0.403. The molecule has 3 heteroatoms. The van der Waals surface area contributed by atoms with Gasteiger partial charge in [-0.15, -0.1) is 0 Å². The molecule has 0 aliphatic rings. The molecule has 2 rings (SSSR count). The summed E-state index contributed by atoms with van der Waals surface area (Å²) in [5.41, 5.74) is 2.95. The number of hydrogen-bond acceptors (Lipinski definition) is 2.